The number of rotatable bonds is 6. The van der Waals surface area contributed by atoms with Crippen LogP contribution in [0, 0.1) is 6.92 Å². The average Bonchev–Trinajstić information content (AvgIpc) is 3.41. The Morgan fingerprint density at radius 3 is 2.24 bits per heavy atom. The molecule has 1 atom stereocenters. The summed E-state index contributed by atoms with van der Waals surface area (Å²) >= 11 is 0. The molecule has 33 heavy (non-hydrogen) atoms. The molecule has 2 aliphatic rings. The molecule has 8 nitrogen and oxygen atoms in total. The predicted molar refractivity (Wildman–Crippen MR) is 123 cm³/mol. The van der Waals surface area contributed by atoms with E-state index in [1.165, 1.54) is 12.0 Å². The lowest BCUT2D eigenvalue weighted by molar-refractivity contribution is -0.124. The minimum absolute atomic E-state index is 0.0472. The van der Waals surface area contributed by atoms with Crippen molar-refractivity contribution < 1.29 is 23.9 Å². The monoisotopic (exact) mass is 449 g/mol. The maximum Gasteiger partial charge on any atom is 0.337 e. The van der Waals surface area contributed by atoms with Crippen LogP contribution in [-0.4, -0.2) is 47.9 Å². The van der Waals surface area contributed by atoms with E-state index in [4.69, 9.17) is 0 Å². The summed E-state index contributed by atoms with van der Waals surface area (Å²) < 4.78 is 4.68. The van der Waals surface area contributed by atoms with E-state index in [2.05, 4.69) is 10.1 Å². The van der Waals surface area contributed by atoms with E-state index in [9.17, 15) is 19.2 Å². The molecule has 0 bridgehead atoms. The van der Waals surface area contributed by atoms with Gasteiger partial charge in [-0.25, -0.2) is 14.5 Å². The van der Waals surface area contributed by atoms with Gasteiger partial charge in [-0.05, 0) is 56.2 Å². The van der Waals surface area contributed by atoms with Gasteiger partial charge in [0, 0.05) is 11.7 Å². The van der Waals surface area contributed by atoms with Crippen molar-refractivity contribution >= 4 is 35.2 Å². The Morgan fingerprint density at radius 1 is 1.00 bits per heavy atom. The van der Waals surface area contributed by atoms with Crippen LogP contribution in [0.2, 0.25) is 0 Å². The van der Waals surface area contributed by atoms with Gasteiger partial charge in [-0.2, -0.15) is 0 Å². The predicted octanol–water partition coefficient (Wildman–Crippen LogP) is 3.89. The number of methoxy groups -OCH3 is 1. The van der Waals surface area contributed by atoms with Crippen LogP contribution in [-0.2, 0) is 14.3 Å². The molecule has 2 aromatic rings. The molecule has 0 spiro atoms. The normalized spacial score (nSPS) is 18.7. The van der Waals surface area contributed by atoms with E-state index in [0.29, 0.717) is 16.9 Å². The molecule has 1 aliphatic carbocycles. The minimum atomic E-state index is -0.851. The molecule has 1 unspecified atom stereocenters. The van der Waals surface area contributed by atoms with Crippen LogP contribution in [0.3, 0.4) is 0 Å². The van der Waals surface area contributed by atoms with Crippen LogP contribution >= 0.6 is 0 Å². The summed E-state index contributed by atoms with van der Waals surface area (Å²) in [5, 5.41) is 2.76. The fourth-order valence-electron chi connectivity index (χ4n) is 4.52. The molecule has 0 aromatic heterocycles. The molecule has 1 heterocycles. The smallest absolute Gasteiger partial charge is 0.337 e. The van der Waals surface area contributed by atoms with Crippen LogP contribution in [0.5, 0.6) is 0 Å². The van der Waals surface area contributed by atoms with Crippen molar-refractivity contribution in [3.63, 3.8) is 0 Å². The van der Waals surface area contributed by atoms with Gasteiger partial charge in [0.05, 0.1) is 24.8 Å². The number of urea groups is 1. The largest absolute Gasteiger partial charge is 0.465 e. The molecule has 8 heteroatoms. The van der Waals surface area contributed by atoms with Crippen LogP contribution < -0.4 is 10.2 Å². The highest BCUT2D eigenvalue weighted by atomic mass is 16.5. The lowest BCUT2D eigenvalue weighted by Crippen LogP contribution is -2.43. The SMILES string of the molecule is COC(=O)c1ccc(NC(=O)CC2C(=O)N(c3ccc(C)cc3)C(=O)N2C2CCCC2)cc1. The first-order valence-electron chi connectivity index (χ1n) is 11.1. The number of anilines is 2. The number of aryl methyl sites for hydroxylation is 1. The fourth-order valence-corrected chi connectivity index (χ4v) is 4.52. The van der Waals surface area contributed by atoms with E-state index in [1.54, 1.807) is 41.3 Å². The standard InChI is InChI=1S/C25H27N3O5/c1-16-7-13-20(14-8-16)28-23(30)21(27(25(28)32)19-5-3-4-6-19)15-22(29)26-18-11-9-17(10-12-18)24(31)33-2/h7-14,19,21H,3-6,15H2,1-2H3,(H,26,29). The number of carbonyl (C=O) groups excluding carboxylic acids is 4. The molecule has 1 aliphatic heterocycles. The van der Waals surface area contributed by atoms with Crippen LogP contribution in [0.15, 0.2) is 48.5 Å². The fraction of sp³-hybridized carbons (Fsp3) is 0.360. The summed E-state index contributed by atoms with van der Waals surface area (Å²) in [5.74, 6) is -1.22. The van der Waals surface area contributed by atoms with Gasteiger partial charge in [0.25, 0.3) is 5.91 Å². The third kappa shape index (κ3) is 4.60. The highest BCUT2D eigenvalue weighted by molar-refractivity contribution is 6.22. The molecule has 172 valence electrons. The summed E-state index contributed by atoms with van der Waals surface area (Å²) in [5.41, 5.74) is 2.40. The molecule has 1 N–H and O–H groups in total. The number of esters is 1. The number of carbonyl (C=O) groups is 4. The zero-order chi connectivity index (χ0) is 23.5. The van der Waals surface area contributed by atoms with Gasteiger partial charge in [0.15, 0.2) is 0 Å². The number of nitrogens with zero attached hydrogens (tertiary/aromatic N) is 2. The van der Waals surface area contributed by atoms with Crippen molar-refractivity contribution in [2.45, 2.75) is 51.1 Å². The number of hydrogen-bond acceptors (Lipinski definition) is 5. The Kier molecular flexibility index (Phi) is 6.44. The van der Waals surface area contributed by atoms with Crippen molar-refractivity contribution in [1.82, 2.24) is 4.90 Å². The molecule has 4 rings (SSSR count). The average molecular weight is 450 g/mol. The second kappa shape index (κ2) is 9.44. The first kappa shape index (κ1) is 22.5. The number of hydrogen-bond donors (Lipinski definition) is 1. The Morgan fingerprint density at radius 2 is 1.64 bits per heavy atom. The van der Waals surface area contributed by atoms with Gasteiger partial charge in [-0.15, -0.1) is 0 Å². The summed E-state index contributed by atoms with van der Waals surface area (Å²) in [6.07, 6.45) is 3.52. The Hall–Kier alpha value is -3.68. The summed E-state index contributed by atoms with van der Waals surface area (Å²) in [7, 11) is 1.30. The quantitative estimate of drug-likeness (QED) is 0.533. The molecule has 0 radical (unpaired) electrons. The topological polar surface area (TPSA) is 96.0 Å². The molecule has 1 saturated heterocycles. The van der Waals surface area contributed by atoms with Crippen LogP contribution in [0.1, 0.15) is 48.0 Å². The molecular weight excluding hydrogens is 422 g/mol. The van der Waals surface area contributed by atoms with Crippen molar-refractivity contribution in [1.29, 1.82) is 0 Å². The Labute approximate surface area is 192 Å². The van der Waals surface area contributed by atoms with Gasteiger partial charge in [-0.3, -0.25) is 9.59 Å². The lowest BCUT2D eigenvalue weighted by Gasteiger charge is -2.27. The summed E-state index contributed by atoms with van der Waals surface area (Å²) in [6.45, 7) is 1.94. The van der Waals surface area contributed by atoms with Gasteiger partial charge < -0.3 is 15.0 Å². The van der Waals surface area contributed by atoms with Crippen LogP contribution in [0.25, 0.3) is 0 Å². The van der Waals surface area contributed by atoms with E-state index in [0.717, 1.165) is 31.2 Å². The second-order valence-corrected chi connectivity index (χ2v) is 8.47. The van der Waals surface area contributed by atoms with Crippen LogP contribution in [0.4, 0.5) is 16.2 Å². The van der Waals surface area contributed by atoms with E-state index >= 15 is 0 Å². The van der Waals surface area contributed by atoms with Gasteiger partial charge in [-0.1, -0.05) is 30.5 Å². The molecular formula is C25H27N3O5. The zero-order valence-corrected chi connectivity index (χ0v) is 18.7. The number of imide groups is 1. The number of benzene rings is 2. The molecule has 1 saturated carbocycles. The van der Waals surface area contributed by atoms with E-state index in [-0.39, 0.29) is 30.3 Å². The second-order valence-electron chi connectivity index (χ2n) is 8.47. The highest BCUT2D eigenvalue weighted by Gasteiger charge is 2.49. The number of amides is 4. The summed E-state index contributed by atoms with van der Waals surface area (Å²) in [4.78, 5) is 53.9. The van der Waals surface area contributed by atoms with Gasteiger partial charge >= 0.3 is 12.0 Å². The van der Waals surface area contributed by atoms with Crippen molar-refractivity contribution in [3.05, 3.63) is 59.7 Å². The minimum Gasteiger partial charge on any atom is -0.465 e. The molecule has 2 aromatic carbocycles. The molecule has 4 amide bonds. The van der Waals surface area contributed by atoms with Crippen molar-refractivity contribution in [2.24, 2.45) is 0 Å². The number of ether oxygens (including phenoxy) is 1. The lowest BCUT2D eigenvalue weighted by atomic mass is 10.1. The third-order valence-electron chi connectivity index (χ3n) is 6.23. The van der Waals surface area contributed by atoms with Crippen molar-refractivity contribution in [2.75, 3.05) is 17.3 Å². The summed E-state index contributed by atoms with van der Waals surface area (Å²) in [6, 6.07) is 12.2. The first-order valence-corrected chi connectivity index (χ1v) is 11.1. The first-order chi connectivity index (χ1) is 15.9. The Bertz CT molecular complexity index is 1060. The van der Waals surface area contributed by atoms with E-state index in [1.807, 2.05) is 19.1 Å². The van der Waals surface area contributed by atoms with Gasteiger partial charge in [0.1, 0.15) is 6.04 Å². The maximum absolute atomic E-state index is 13.3. The molecule has 2 fully saturated rings. The van der Waals surface area contributed by atoms with Crippen molar-refractivity contribution in [3.8, 4) is 0 Å². The highest BCUT2D eigenvalue weighted by Crippen LogP contribution is 2.34. The van der Waals surface area contributed by atoms with E-state index < -0.39 is 12.0 Å². The van der Waals surface area contributed by atoms with Gasteiger partial charge in [0.2, 0.25) is 5.91 Å². The Balaban J connectivity index is 1.52. The number of nitrogens with one attached hydrogen (secondary N) is 1. The maximum atomic E-state index is 13.3. The third-order valence-corrected chi connectivity index (χ3v) is 6.23. The zero-order valence-electron chi connectivity index (χ0n) is 18.7.